The fourth-order valence-corrected chi connectivity index (χ4v) is 2.81. The van der Waals surface area contributed by atoms with Crippen LogP contribution < -0.4 is 16.0 Å². The molecular weight excluding hydrogens is 348 g/mol. The van der Waals surface area contributed by atoms with Gasteiger partial charge in [-0.2, -0.15) is 0 Å². The molecule has 5 heteroatoms. The van der Waals surface area contributed by atoms with Crippen LogP contribution in [0.3, 0.4) is 0 Å². The highest BCUT2D eigenvalue weighted by Gasteiger charge is 2.05. The summed E-state index contributed by atoms with van der Waals surface area (Å²) in [4.78, 5) is 16.8. The van der Waals surface area contributed by atoms with Crippen molar-refractivity contribution in [1.29, 1.82) is 0 Å². The summed E-state index contributed by atoms with van der Waals surface area (Å²) >= 11 is 0. The Morgan fingerprint density at radius 1 is 0.893 bits per heavy atom. The summed E-state index contributed by atoms with van der Waals surface area (Å²) in [5.74, 6) is 0.773. The molecule has 0 saturated heterocycles. The van der Waals surface area contributed by atoms with Crippen LogP contribution in [0.1, 0.15) is 48.2 Å². The molecule has 0 aromatic heterocycles. The first-order chi connectivity index (χ1) is 13.7. The number of carbonyl (C=O) groups excluding carboxylic acids is 1. The van der Waals surface area contributed by atoms with Crippen LogP contribution in [0.4, 0.5) is 0 Å². The lowest BCUT2D eigenvalue weighted by molar-refractivity contribution is 0.0953. The van der Waals surface area contributed by atoms with Gasteiger partial charge in [-0.25, -0.2) is 4.99 Å². The highest BCUT2D eigenvalue weighted by atomic mass is 16.1. The quantitative estimate of drug-likeness (QED) is 0.336. The Hall–Kier alpha value is -2.82. The van der Waals surface area contributed by atoms with E-state index < -0.39 is 0 Å². The minimum atomic E-state index is -0.0291. The summed E-state index contributed by atoms with van der Waals surface area (Å²) in [5, 5.41) is 9.57. The predicted octanol–water partition coefficient (Wildman–Crippen LogP) is 3.51. The number of hydrogen-bond acceptors (Lipinski definition) is 2. The van der Waals surface area contributed by atoms with Crippen LogP contribution in [0, 0.1) is 0 Å². The van der Waals surface area contributed by atoms with E-state index in [9.17, 15) is 4.79 Å². The Balaban J connectivity index is 1.86. The number of guanidine groups is 1. The summed E-state index contributed by atoms with van der Waals surface area (Å²) < 4.78 is 0. The Bertz CT molecular complexity index is 743. The summed E-state index contributed by atoms with van der Waals surface area (Å²) in [5.41, 5.74) is 3.05. The smallest absolute Gasteiger partial charge is 0.251 e. The standard InChI is InChI=1S/C23H32N4O/c1-3-15-25-22(28)21-14-8-12-20(17-21)18-27-23(24-4-2)26-16-9-13-19-10-6-5-7-11-19/h5-8,10-12,14,17H,3-4,9,13,15-16,18H2,1-2H3,(H,25,28)(H2,24,26,27). The second kappa shape index (κ2) is 12.5. The molecule has 0 atom stereocenters. The van der Waals surface area contributed by atoms with Crippen LogP contribution in [0.25, 0.3) is 0 Å². The van der Waals surface area contributed by atoms with Gasteiger partial charge in [0.2, 0.25) is 0 Å². The number of nitrogens with one attached hydrogen (secondary N) is 3. The number of aliphatic imine (C=N–C) groups is 1. The first-order valence-electron chi connectivity index (χ1n) is 10.2. The summed E-state index contributed by atoms with van der Waals surface area (Å²) in [7, 11) is 0. The fourth-order valence-electron chi connectivity index (χ4n) is 2.81. The molecule has 0 spiro atoms. The van der Waals surface area contributed by atoms with Gasteiger partial charge in [0.15, 0.2) is 5.96 Å². The molecule has 0 aliphatic carbocycles. The molecule has 28 heavy (non-hydrogen) atoms. The SMILES string of the molecule is CCCNC(=O)c1cccc(CN=C(NCC)NCCCc2ccccc2)c1. The first kappa shape index (κ1) is 21.5. The molecule has 0 aliphatic heterocycles. The van der Waals surface area contributed by atoms with E-state index in [0.29, 0.717) is 18.7 Å². The zero-order chi connectivity index (χ0) is 20.0. The Morgan fingerprint density at radius 3 is 2.43 bits per heavy atom. The van der Waals surface area contributed by atoms with Gasteiger partial charge in [0.1, 0.15) is 0 Å². The molecular formula is C23H32N4O. The fraction of sp³-hybridized carbons (Fsp3) is 0.391. The Labute approximate surface area is 168 Å². The second-order valence-electron chi connectivity index (χ2n) is 6.67. The van der Waals surface area contributed by atoms with Crippen LogP contribution in [0.5, 0.6) is 0 Å². The third-order valence-corrected chi connectivity index (χ3v) is 4.27. The molecule has 150 valence electrons. The van der Waals surface area contributed by atoms with E-state index in [0.717, 1.165) is 43.9 Å². The molecule has 3 N–H and O–H groups in total. The number of amides is 1. The van der Waals surface area contributed by atoms with E-state index in [1.165, 1.54) is 5.56 Å². The number of benzene rings is 2. The van der Waals surface area contributed by atoms with Crippen molar-refractivity contribution in [2.24, 2.45) is 4.99 Å². The molecule has 0 heterocycles. The van der Waals surface area contributed by atoms with Crippen LogP contribution in [-0.4, -0.2) is 31.5 Å². The van der Waals surface area contributed by atoms with Gasteiger partial charge in [-0.05, 0) is 49.4 Å². The topological polar surface area (TPSA) is 65.5 Å². The molecule has 0 saturated carbocycles. The van der Waals surface area contributed by atoms with Crippen molar-refractivity contribution in [3.63, 3.8) is 0 Å². The summed E-state index contributed by atoms with van der Waals surface area (Å²) in [6, 6.07) is 18.2. The monoisotopic (exact) mass is 380 g/mol. The number of hydrogen-bond donors (Lipinski definition) is 3. The second-order valence-corrected chi connectivity index (χ2v) is 6.67. The number of aryl methyl sites for hydroxylation is 1. The van der Waals surface area contributed by atoms with E-state index in [1.54, 1.807) is 0 Å². The molecule has 2 aromatic rings. The van der Waals surface area contributed by atoms with E-state index in [1.807, 2.05) is 37.3 Å². The lowest BCUT2D eigenvalue weighted by Crippen LogP contribution is -2.37. The molecule has 0 fully saturated rings. The lowest BCUT2D eigenvalue weighted by atomic mass is 10.1. The number of carbonyl (C=O) groups is 1. The van der Waals surface area contributed by atoms with Gasteiger partial charge in [0, 0.05) is 25.2 Å². The Morgan fingerprint density at radius 2 is 1.68 bits per heavy atom. The van der Waals surface area contributed by atoms with E-state index in [2.05, 4.69) is 52.1 Å². The van der Waals surface area contributed by atoms with Crippen molar-refractivity contribution >= 4 is 11.9 Å². The maximum atomic E-state index is 12.1. The number of nitrogens with zero attached hydrogens (tertiary/aromatic N) is 1. The highest BCUT2D eigenvalue weighted by molar-refractivity contribution is 5.94. The van der Waals surface area contributed by atoms with Crippen molar-refractivity contribution < 1.29 is 4.79 Å². The zero-order valence-electron chi connectivity index (χ0n) is 17.0. The van der Waals surface area contributed by atoms with Crippen molar-refractivity contribution in [3.8, 4) is 0 Å². The molecule has 0 unspecified atom stereocenters. The third-order valence-electron chi connectivity index (χ3n) is 4.27. The molecule has 0 aliphatic rings. The van der Waals surface area contributed by atoms with Gasteiger partial charge >= 0.3 is 0 Å². The maximum Gasteiger partial charge on any atom is 0.251 e. The Kier molecular flexibility index (Phi) is 9.62. The van der Waals surface area contributed by atoms with Crippen molar-refractivity contribution in [3.05, 3.63) is 71.3 Å². The summed E-state index contributed by atoms with van der Waals surface area (Å²) in [6.07, 6.45) is 3.02. The van der Waals surface area contributed by atoms with Gasteiger partial charge in [0.05, 0.1) is 6.54 Å². The molecule has 2 aromatic carbocycles. The number of rotatable bonds is 10. The molecule has 2 rings (SSSR count). The average molecular weight is 381 g/mol. The van der Waals surface area contributed by atoms with Crippen LogP contribution in [0.2, 0.25) is 0 Å². The van der Waals surface area contributed by atoms with Crippen molar-refractivity contribution in [2.75, 3.05) is 19.6 Å². The molecule has 0 bridgehead atoms. The van der Waals surface area contributed by atoms with Crippen LogP contribution in [0.15, 0.2) is 59.6 Å². The van der Waals surface area contributed by atoms with Crippen LogP contribution >= 0.6 is 0 Å². The van der Waals surface area contributed by atoms with E-state index in [4.69, 9.17) is 0 Å². The van der Waals surface area contributed by atoms with Crippen molar-refractivity contribution in [1.82, 2.24) is 16.0 Å². The highest BCUT2D eigenvalue weighted by Crippen LogP contribution is 2.07. The van der Waals surface area contributed by atoms with E-state index in [-0.39, 0.29) is 5.91 Å². The predicted molar refractivity (Wildman–Crippen MR) is 117 cm³/mol. The molecule has 1 amide bonds. The van der Waals surface area contributed by atoms with Gasteiger partial charge in [0.25, 0.3) is 5.91 Å². The van der Waals surface area contributed by atoms with Crippen molar-refractivity contribution in [2.45, 2.75) is 39.7 Å². The van der Waals surface area contributed by atoms with Gasteiger partial charge in [-0.3, -0.25) is 4.79 Å². The largest absolute Gasteiger partial charge is 0.357 e. The lowest BCUT2D eigenvalue weighted by Gasteiger charge is -2.11. The average Bonchev–Trinajstić information content (AvgIpc) is 2.74. The first-order valence-corrected chi connectivity index (χ1v) is 10.2. The maximum absolute atomic E-state index is 12.1. The minimum absolute atomic E-state index is 0.0291. The zero-order valence-corrected chi connectivity index (χ0v) is 17.0. The normalized spacial score (nSPS) is 11.1. The van der Waals surface area contributed by atoms with Gasteiger partial charge in [-0.15, -0.1) is 0 Å². The third kappa shape index (κ3) is 7.82. The summed E-state index contributed by atoms with van der Waals surface area (Å²) in [6.45, 7) is 6.99. The van der Waals surface area contributed by atoms with Gasteiger partial charge < -0.3 is 16.0 Å². The molecule has 5 nitrogen and oxygen atoms in total. The van der Waals surface area contributed by atoms with E-state index >= 15 is 0 Å². The molecule has 0 radical (unpaired) electrons. The minimum Gasteiger partial charge on any atom is -0.357 e. The van der Waals surface area contributed by atoms with Gasteiger partial charge in [-0.1, -0.05) is 49.4 Å². The van der Waals surface area contributed by atoms with Crippen LogP contribution in [-0.2, 0) is 13.0 Å².